The first-order valence-corrected chi connectivity index (χ1v) is 4.02. The second-order valence-corrected chi connectivity index (χ2v) is 3.15. The van der Waals surface area contributed by atoms with E-state index < -0.39 is 10.1 Å². The molecule has 7 heteroatoms. The molecule has 0 radical (unpaired) electrons. The molecular formula is C6H7AlO5S. The second kappa shape index (κ2) is 7.03. The molecule has 2 N–H and O–H groups in total. The van der Waals surface area contributed by atoms with Gasteiger partial charge in [-0.25, -0.2) is 8.42 Å². The molecule has 0 aliphatic carbocycles. The molecule has 5 nitrogen and oxygen atoms in total. The first-order valence-electron chi connectivity index (χ1n) is 2.61. The largest absolute Gasteiger partial charge is 3.00 e. The van der Waals surface area contributed by atoms with Crippen LogP contribution in [0.2, 0.25) is 0 Å². The van der Waals surface area contributed by atoms with Gasteiger partial charge in [0.2, 0.25) is 0 Å². The van der Waals surface area contributed by atoms with E-state index in [9.17, 15) is 13.0 Å². The number of benzene rings is 1. The Bertz CT molecular complexity index is 309. The zero-order chi connectivity index (χ0) is 7.61. The van der Waals surface area contributed by atoms with Crippen LogP contribution in [0.5, 0.6) is 0 Å². The summed E-state index contributed by atoms with van der Waals surface area (Å²) in [5, 5.41) is 0. The van der Waals surface area contributed by atoms with Gasteiger partial charge in [-0.3, -0.25) is 0 Å². The van der Waals surface area contributed by atoms with E-state index in [1.54, 1.807) is 6.07 Å². The smallest absolute Gasteiger partial charge is 0.870 e. The summed E-state index contributed by atoms with van der Waals surface area (Å²) in [4.78, 5) is -0.185. The van der Waals surface area contributed by atoms with Gasteiger partial charge in [-0.2, -0.15) is 0 Å². The van der Waals surface area contributed by atoms with Crippen LogP contribution in [0, 0.1) is 0 Å². The molecule has 0 spiro atoms. The molecule has 13 heavy (non-hydrogen) atoms. The first kappa shape index (κ1) is 18.4. The van der Waals surface area contributed by atoms with Gasteiger partial charge in [-0.1, -0.05) is 18.2 Å². The molecule has 0 fully saturated rings. The molecule has 1 rings (SSSR count). The van der Waals surface area contributed by atoms with Crippen molar-refractivity contribution in [3.8, 4) is 0 Å². The SMILES string of the molecule is O=S(=O)([O-])c1ccccc1.[Al+3].[OH-].[OH-]. The molecule has 0 saturated heterocycles. The predicted octanol–water partition coefficient (Wildman–Crippen LogP) is -0.144. The van der Waals surface area contributed by atoms with E-state index in [4.69, 9.17) is 0 Å². The van der Waals surface area contributed by atoms with Crippen molar-refractivity contribution in [2.24, 2.45) is 0 Å². The average molecular weight is 218 g/mol. The summed E-state index contributed by atoms with van der Waals surface area (Å²) in [5.74, 6) is 0. The van der Waals surface area contributed by atoms with Crippen LogP contribution in [0.15, 0.2) is 35.2 Å². The standard InChI is InChI=1S/C6H6O3S.Al.2H2O/c7-10(8,9)6-4-2-1-3-5-6;;;/h1-5H,(H,7,8,9);;2*1H2/q;+3;;/p-3. The molecule has 0 amide bonds. The van der Waals surface area contributed by atoms with Gasteiger partial charge in [-0.15, -0.1) is 0 Å². The molecule has 0 aromatic heterocycles. The van der Waals surface area contributed by atoms with Gasteiger partial charge in [0.1, 0.15) is 10.1 Å². The molecule has 1 aromatic rings. The van der Waals surface area contributed by atoms with Gasteiger partial charge >= 0.3 is 17.4 Å². The fraction of sp³-hybridized carbons (Fsp3) is 0. The van der Waals surface area contributed by atoms with E-state index in [0.29, 0.717) is 0 Å². The van der Waals surface area contributed by atoms with Crippen LogP contribution < -0.4 is 0 Å². The van der Waals surface area contributed by atoms with Gasteiger partial charge in [0.05, 0.1) is 4.90 Å². The summed E-state index contributed by atoms with van der Waals surface area (Å²) < 4.78 is 30.8. The van der Waals surface area contributed by atoms with Crippen LogP contribution >= 0.6 is 0 Å². The molecule has 70 valence electrons. The Balaban J connectivity index is -0.000000333. The monoisotopic (exact) mass is 218 g/mol. The molecule has 0 unspecified atom stereocenters. The van der Waals surface area contributed by atoms with Gasteiger partial charge in [0, 0.05) is 0 Å². The maximum atomic E-state index is 10.3. The van der Waals surface area contributed by atoms with Gasteiger partial charge in [-0.05, 0) is 12.1 Å². The van der Waals surface area contributed by atoms with Crippen LogP contribution in [0.3, 0.4) is 0 Å². The topological polar surface area (TPSA) is 117 Å². The van der Waals surface area contributed by atoms with E-state index in [1.165, 1.54) is 24.3 Å². The fourth-order valence-corrected chi connectivity index (χ4v) is 1.08. The Morgan fingerprint density at radius 1 is 1.00 bits per heavy atom. The van der Waals surface area contributed by atoms with Crippen molar-refractivity contribution < 1.29 is 23.9 Å². The molecule has 0 bridgehead atoms. The minimum Gasteiger partial charge on any atom is -0.870 e. The van der Waals surface area contributed by atoms with Crippen molar-refractivity contribution >= 4 is 27.5 Å². The van der Waals surface area contributed by atoms with E-state index >= 15 is 0 Å². The number of hydrogen-bond acceptors (Lipinski definition) is 5. The van der Waals surface area contributed by atoms with E-state index in [1.807, 2.05) is 0 Å². The van der Waals surface area contributed by atoms with Crippen LogP contribution in [-0.4, -0.2) is 41.3 Å². The van der Waals surface area contributed by atoms with Gasteiger partial charge in [0.25, 0.3) is 0 Å². The van der Waals surface area contributed by atoms with E-state index in [0.717, 1.165) is 0 Å². The summed E-state index contributed by atoms with van der Waals surface area (Å²) in [7, 11) is -4.25. The maximum Gasteiger partial charge on any atom is 3.00 e. The van der Waals surface area contributed by atoms with Crippen molar-refractivity contribution in [2.45, 2.75) is 4.90 Å². The first-order chi connectivity index (χ1) is 4.61. The van der Waals surface area contributed by atoms with Gasteiger partial charge in [0.15, 0.2) is 0 Å². The van der Waals surface area contributed by atoms with E-state index in [2.05, 4.69) is 0 Å². The summed E-state index contributed by atoms with van der Waals surface area (Å²) in [6.45, 7) is 0. The minimum atomic E-state index is -4.25. The minimum absolute atomic E-state index is 0. The number of hydrogen-bond donors (Lipinski definition) is 0. The fourth-order valence-electron chi connectivity index (χ4n) is 0.587. The molecule has 0 heterocycles. The summed E-state index contributed by atoms with van der Waals surface area (Å²) in [6, 6.07) is 7.19. The summed E-state index contributed by atoms with van der Waals surface area (Å²) in [5.41, 5.74) is 0. The van der Waals surface area contributed by atoms with Crippen molar-refractivity contribution in [1.29, 1.82) is 0 Å². The molecular weight excluding hydrogens is 211 g/mol. The van der Waals surface area contributed by atoms with Crippen molar-refractivity contribution in [3.05, 3.63) is 30.3 Å². The Hall–Kier alpha value is -0.418. The van der Waals surface area contributed by atoms with Crippen molar-refractivity contribution in [3.63, 3.8) is 0 Å². The molecule has 0 atom stereocenters. The second-order valence-electron chi connectivity index (χ2n) is 1.77. The summed E-state index contributed by atoms with van der Waals surface area (Å²) in [6.07, 6.45) is 0. The maximum absolute atomic E-state index is 10.3. The third kappa shape index (κ3) is 5.76. The zero-order valence-corrected chi connectivity index (χ0v) is 8.46. The quantitative estimate of drug-likeness (QED) is 0.480. The van der Waals surface area contributed by atoms with E-state index in [-0.39, 0.29) is 33.2 Å². The molecule has 0 aliphatic rings. The normalized spacial score (nSPS) is 8.69. The summed E-state index contributed by atoms with van der Waals surface area (Å²) >= 11 is 0. The van der Waals surface area contributed by atoms with Crippen LogP contribution in [-0.2, 0) is 10.1 Å². The number of rotatable bonds is 1. The zero-order valence-electron chi connectivity index (χ0n) is 6.49. The Morgan fingerprint density at radius 2 is 1.38 bits per heavy atom. The van der Waals surface area contributed by atoms with Crippen LogP contribution in [0.25, 0.3) is 0 Å². The Morgan fingerprint density at radius 3 is 1.62 bits per heavy atom. The third-order valence-electron chi connectivity index (χ3n) is 1.03. The van der Waals surface area contributed by atoms with Crippen LogP contribution in [0.1, 0.15) is 0 Å². The predicted molar refractivity (Wildman–Crippen MR) is 44.0 cm³/mol. The molecule has 0 aliphatic heterocycles. The third-order valence-corrected chi connectivity index (χ3v) is 1.88. The van der Waals surface area contributed by atoms with Crippen molar-refractivity contribution in [1.82, 2.24) is 0 Å². The Labute approximate surface area is 86.9 Å². The van der Waals surface area contributed by atoms with Crippen molar-refractivity contribution in [2.75, 3.05) is 0 Å². The van der Waals surface area contributed by atoms with Crippen LogP contribution in [0.4, 0.5) is 0 Å². The average Bonchev–Trinajstić information content (AvgIpc) is 1.88. The molecule has 0 saturated carbocycles. The molecule has 1 aromatic carbocycles. The Kier molecular flexibility index (Phi) is 9.94. The van der Waals surface area contributed by atoms with Gasteiger partial charge < -0.3 is 15.5 Å².